The fourth-order valence-electron chi connectivity index (χ4n) is 4.86. The third-order valence-corrected chi connectivity index (χ3v) is 8.11. The highest BCUT2D eigenvalue weighted by molar-refractivity contribution is 7.14. The zero-order valence-corrected chi connectivity index (χ0v) is 21.0. The summed E-state index contributed by atoms with van der Waals surface area (Å²) < 4.78 is 0. The normalized spacial score (nSPS) is 19.0. The molecule has 2 aliphatic rings. The van der Waals surface area contributed by atoms with E-state index >= 15 is 0 Å². The van der Waals surface area contributed by atoms with Crippen LogP contribution in [0.15, 0.2) is 48.0 Å². The molecule has 1 unspecified atom stereocenters. The van der Waals surface area contributed by atoms with Gasteiger partial charge in [-0.1, -0.05) is 38.4 Å². The van der Waals surface area contributed by atoms with E-state index in [0.717, 1.165) is 36.5 Å². The molecule has 1 atom stereocenters. The first-order valence-corrected chi connectivity index (χ1v) is 12.9. The summed E-state index contributed by atoms with van der Waals surface area (Å²) in [6, 6.07) is 12.7. The van der Waals surface area contributed by atoms with E-state index in [0.29, 0.717) is 16.6 Å². The number of halogens is 1. The maximum absolute atomic E-state index is 13.1. The van der Waals surface area contributed by atoms with Gasteiger partial charge in [0.1, 0.15) is 0 Å². The van der Waals surface area contributed by atoms with Crippen LogP contribution in [0.5, 0.6) is 0 Å². The zero-order chi connectivity index (χ0) is 23.2. The Hall–Kier alpha value is -2.21. The topological polar surface area (TPSA) is 36.4 Å². The molecule has 6 heteroatoms. The molecule has 172 valence electrons. The van der Waals surface area contributed by atoms with Crippen LogP contribution in [0.25, 0.3) is 21.6 Å². The number of rotatable bonds is 3. The lowest BCUT2D eigenvalue weighted by Crippen LogP contribution is -2.52. The maximum atomic E-state index is 13.1. The van der Waals surface area contributed by atoms with Gasteiger partial charge in [-0.25, -0.2) is 0 Å². The van der Waals surface area contributed by atoms with Crippen molar-refractivity contribution < 1.29 is 4.79 Å². The van der Waals surface area contributed by atoms with Crippen LogP contribution in [0.2, 0.25) is 5.02 Å². The minimum Gasteiger partial charge on any atom is -0.336 e. The van der Waals surface area contributed by atoms with E-state index in [9.17, 15) is 4.79 Å². The number of benzene rings is 1. The molecule has 0 N–H and O–H groups in total. The van der Waals surface area contributed by atoms with Gasteiger partial charge in [-0.05, 0) is 66.2 Å². The lowest BCUT2D eigenvalue weighted by atomic mass is 9.90. The van der Waals surface area contributed by atoms with Crippen LogP contribution in [0.1, 0.15) is 49.7 Å². The molecule has 5 rings (SSSR count). The van der Waals surface area contributed by atoms with Gasteiger partial charge in [0.15, 0.2) is 0 Å². The Balaban J connectivity index is 1.35. The summed E-state index contributed by atoms with van der Waals surface area (Å²) in [6.07, 6.45) is 4.32. The molecule has 2 fully saturated rings. The van der Waals surface area contributed by atoms with Crippen molar-refractivity contribution in [3.63, 3.8) is 0 Å². The second kappa shape index (κ2) is 8.86. The van der Waals surface area contributed by atoms with Gasteiger partial charge >= 0.3 is 0 Å². The second-order valence-electron chi connectivity index (χ2n) is 10.2. The van der Waals surface area contributed by atoms with Gasteiger partial charge in [-0.15, -0.1) is 11.3 Å². The van der Waals surface area contributed by atoms with E-state index < -0.39 is 0 Å². The highest BCUT2D eigenvalue weighted by Crippen LogP contribution is 2.37. The molecule has 1 amide bonds. The average Bonchev–Trinajstić information content (AvgIpc) is 3.47. The molecule has 0 saturated carbocycles. The van der Waals surface area contributed by atoms with Gasteiger partial charge in [-0.2, -0.15) is 0 Å². The monoisotopic (exact) mass is 479 g/mol. The van der Waals surface area contributed by atoms with Crippen molar-refractivity contribution in [2.24, 2.45) is 0 Å². The summed E-state index contributed by atoms with van der Waals surface area (Å²) in [4.78, 5) is 23.4. The van der Waals surface area contributed by atoms with E-state index in [1.165, 1.54) is 29.8 Å². The highest BCUT2D eigenvalue weighted by atomic mass is 35.5. The molecule has 33 heavy (non-hydrogen) atoms. The van der Waals surface area contributed by atoms with Gasteiger partial charge < -0.3 is 4.90 Å². The Bertz CT molecular complexity index is 1180. The average molecular weight is 480 g/mol. The molecule has 0 radical (unpaired) electrons. The number of carbonyl (C=O) groups is 1. The van der Waals surface area contributed by atoms with E-state index in [4.69, 9.17) is 11.6 Å². The summed E-state index contributed by atoms with van der Waals surface area (Å²) in [5.41, 5.74) is 4.96. The number of nitrogens with zero attached hydrogens (tertiary/aromatic N) is 3. The molecule has 4 nitrogen and oxygen atoms in total. The van der Waals surface area contributed by atoms with Crippen molar-refractivity contribution in [2.45, 2.75) is 45.1 Å². The standard InChI is InChI=1S/C27H30ClN3OS/c1-27(2,3)25-15-18(8-9-29-25)24-14-20(17-33-24)22-7-6-19(13-23(22)28)26(32)31-12-11-30-10-4-5-21(30)16-31/h6-9,13-15,17,21H,4-5,10-12,16H2,1-3H3. The third-order valence-electron chi connectivity index (χ3n) is 6.81. The smallest absolute Gasteiger partial charge is 0.254 e. The lowest BCUT2D eigenvalue weighted by Gasteiger charge is -2.37. The Morgan fingerprint density at radius 1 is 1.09 bits per heavy atom. The van der Waals surface area contributed by atoms with Crippen LogP contribution in [0, 0.1) is 0 Å². The lowest BCUT2D eigenvalue weighted by molar-refractivity contribution is 0.0571. The predicted molar refractivity (Wildman–Crippen MR) is 137 cm³/mol. The minimum atomic E-state index is 0.00613. The van der Waals surface area contributed by atoms with Crippen molar-refractivity contribution in [3.8, 4) is 21.6 Å². The van der Waals surface area contributed by atoms with Crippen LogP contribution in [-0.2, 0) is 5.41 Å². The Kier molecular flexibility index (Phi) is 6.06. The predicted octanol–water partition coefficient (Wildman–Crippen LogP) is 6.35. The Morgan fingerprint density at radius 3 is 2.73 bits per heavy atom. The number of carbonyl (C=O) groups excluding carboxylic acids is 1. The molecule has 3 aromatic rings. The molecule has 2 aromatic heterocycles. The van der Waals surface area contributed by atoms with E-state index in [2.05, 4.69) is 54.2 Å². The number of amides is 1. The van der Waals surface area contributed by atoms with Crippen LogP contribution in [0.4, 0.5) is 0 Å². The van der Waals surface area contributed by atoms with Crippen LogP contribution in [-0.4, -0.2) is 52.9 Å². The van der Waals surface area contributed by atoms with Crippen LogP contribution in [0.3, 0.4) is 0 Å². The first-order valence-electron chi connectivity index (χ1n) is 11.7. The summed E-state index contributed by atoms with van der Waals surface area (Å²) in [6.45, 7) is 10.3. The molecular formula is C27H30ClN3OS. The molecule has 1 aromatic carbocycles. The SMILES string of the molecule is CC(C)(C)c1cc(-c2cc(-c3ccc(C(=O)N4CCN5CCCC5C4)cc3Cl)cs2)ccn1. The number of thiophene rings is 1. The molecule has 4 heterocycles. The van der Waals surface area contributed by atoms with Crippen molar-refractivity contribution >= 4 is 28.8 Å². The number of piperazine rings is 1. The van der Waals surface area contributed by atoms with Gasteiger partial charge in [0, 0.05) is 64.0 Å². The number of aromatic nitrogens is 1. The molecule has 0 aliphatic carbocycles. The van der Waals surface area contributed by atoms with Gasteiger partial charge in [0.05, 0.1) is 0 Å². The van der Waals surface area contributed by atoms with Crippen LogP contribution >= 0.6 is 22.9 Å². The number of hydrogen-bond acceptors (Lipinski definition) is 4. The first-order chi connectivity index (χ1) is 15.8. The second-order valence-corrected chi connectivity index (χ2v) is 11.5. The maximum Gasteiger partial charge on any atom is 0.254 e. The largest absolute Gasteiger partial charge is 0.336 e. The number of pyridine rings is 1. The molecule has 2 saturated heterocycles. The van der Waals surface area contributed by atoms with Gasteiger partial charge in [-0.3, -0.25) is 14.7 Å². The van der Waals surface area contributed by atoms with E-state index in [1.807, 2.05) is 29.3 Å². The van der Waals surface area contributed by atoms with E-state index in [-0.39, 0.29) is 11.3 Å². The van der Waals surface area contributed by atoms with Crippen molar-refractivity contribution in [2.75, 3.05) is 26.2 Å². The van der Waals surface area contributed by atoms with Crippen LogP contribution < -0.4 is 0 Å². The first kappa shape index (κ1) is 22.6. The fraction of sp³-hybridized carbons (Fsp3) is 0.407. The molecule has 2 aliphatic heterocycles. The Labute approximate surface area is 205 Å². The highest BCUT2D eigenvalue weighted by Gasteiger charge is 2.32. The number of hydrogen-bond donors (Lipinski definition) is 0. The van der Waals surface area contributed by atoms with Gasteiger partial charge in [0.25, 0.3) is 5.91 Å². The van der Waals surface area contributed by atoms with Crippen molar-refractivity contribution in [1.29, 1.82) is 0 Å². The summed E-state index contributed by atoms with van der Waals surface area (Å²) in [7, 11) is 0. The summed E-state index contributed by atoms with van der Waals surface area (Å²) >= 11 is 8.39. The van der Waals surface area contributed by atoms with E-state index in [1.54, 1.807) is 11.3 Å². The third kappa shape index (κ3) is 4.59. The van der Waals surface area contributed by atoms with Crippen molar-refractivity contribution in [3.05, 3.63) is 64.3 Å². The minimum absolute atomic E-state index is 0.00613. The summed E-state index contributed by atoms with van der Waals surface area (Å²) in [5, 5.41) is 2.75. The summed E-state index contributed by atoms with van der Waals surface area (Å²) in [5.74, 6) is 0.0903. The fourth-order valence-corrected chi connectivity index (χ4v) is 6.06. The zero-order valence-electron chi connectivity index (χ0n) is 19.5. The molecular weight excluding hydrogens is 450 g/mol. The Morgan fingerprint density at radius 2 is 1.94 bits per heavy atom. The van der Waals surface area contributed by atoms with Crippen molar-refractivity contribution in [1.82, 2.24) is 14.8 Å². The molecule has 0 bridgehead atoms. The quantitative estimate of drug-likeness (QED) is 0.439. The number of fused-ring (bicyclic) bond motifs is 1. The van der Waals surface area contributed by atoms with Gasteiger partial charge in [0.2, 0.25) is 0 Å². The molecule has 0 spiro atoms.